The Balaban J connectivity index is 1.53. The fourth-order valence-electron chi connectivity index (χ4n) is 4.05. The van der Waals surface area contributed by atoms with Gasteiger partial charge in [0.2, 0.25) is 10.0 Å². The minimum atomic E-state index is -3.50. The lowest BCUT2D eigenvalue weighted by molar-refractivity contribution is -0.127. The van der Waals surface area contributed by atoms with Gasteiger partial charge < -0.3 is 9.64 Å². The quantitative estimate of drug-likeness (QED) is 0.886. The van der Waals surface area contributed by atoms with Crippen molar-refractivity contribution >= 4 is 21.6 Å². The summed E-state index contributed by atoms with van der Waals surface area (Å²) in [4.78, 5) is 14.6. The summed E-state index contributed by atoms with van der Waals surface area (Å²) in [7, 11) is -3.50. The van der Waals surface area contributed by atoms with Crippen LogP contribution < -0.4 is 9.62 Å². The van der Waals surface area contributed by atoms with Crippen molar-refractivity contribution in [2.24, 2.45) is 0 Å². The predicted molar refractivity (Wildman–Crippen MR) is 94.1 cm³/mol. The lowest BCUT2D eigenvalue weighted by Crippen LogP contribution is -2.37. The number of benzene rings is 1. The Morgan fingerprint density at radius 1 is 1.16 bits per heavy atom. The summed E-state index contributed by atoms with van der Waals surface area (Å²) in [5.74, 6) is -0.00376. The second-order valence-electron chi connectivity index (χ2n) is 7.13. The monoisotopic (exact) mass is 364 g/mol. The summed E-state index contributed by atoms with van der Waals surface area (Å²) in [5.41, 5.74) is 1.74. The second-order valence-corrected chi connectivity index (χ2v) is 8.85. The standard InChI is InChI=1S/C18H24N2O4S/c21-18(17-6-3-11-24-17)20-10-9-13-12-15(7-8-16(13)20)25(22,23)19-14-4-1-2-5-14/h7-8,12,14,17,19H,1-6,9-11H2. The van der Waals surface area contributed by atoms with Gasteiger partial charge in [0.1, 0.15) is 6.10 Å². The summed E-state index contributed by atoms with van der Waals surface area (Å²) < 4.78 is 33.5. The van der Waals surface area contributed by atoms with Gasteiger partial charge in [-0.05, 0) is 55.9 Å². The van der Waals surface area contributed by atoms with Crippen LogP contribution in [0.25, 0.3) is 0 Å². The number of rotatable bonds is 4. The van der Waals surface area contributed by atoms with Gasteiger partial charge in [0, 0.05) is 24.9 Å². The third-order valence-corrected chi connectivity index (χ3v) is 6.92. The molecule has 1 atom stereocenters. The molecular formula is C18H24N2O4S. The van der Waals surface area contributed by atoms with Gasteiger partial charge in [-0.2, -0.15) is 0 Å². The maximum absolute atomic E-state index is 12.6. The first kappa shape index (κ1) is 17.0. The van der Waals surface area contributed by atoms with E-state index in [-0.39, 0.29) is 18.1 Å². The van der Waals surface area contributed by atoms with Crippen molar-refractivity contribution in [3.63, 3.8) is 0 Å². The Morgan fingerprint density at radius 2 is 1.96 bits per heavy atom. The summed E-state index contributed by atoms with van der Waals surface area (Å²) in [5, 5.41) is 0. The van der Waals surface area contributed by atoms with Gasteiger partial charge in [-0.1, -0.05) is 12.8 Å². The van der Waals surface area contributed by atoms with Crippen molar-refractivity contribution in [3.05, 3.63) is 23.8 Å². The lowest BCUT2D eigenvalue weighted by Gasteiger charge is -2.21. The Bertz CT molecular complexity index is 765. The van der Waals surface area contributed by atoms with Crippen LogP contribution in [0, 0.1) is 0 Å². The highest BCUT2D eigenvalue weighted by atomic mass is 32.2. The molecule has 1 saturated heterocycles. The molecule has 25 heavy (non-hydrogen) atoms. The maximum Gasteiger partial charge on any atom is 0.256 e. The molecule has 1 aromatic rings. The second kappa shape index (κ2) is 6.70. The highest BCUT2D eigenvalue weighted by Gasteiger charge is 2.33. The van der Waals surface area contributed by atoms with Crippen molar-refractivity contribution in [3.8, 4) is 0 Å². The topological polar surface area (TPSA) is 75.7 Å². The molecule has 0 aromatic heterocycles. The zero-order valence-corrected chi connectivity index (χ0v) is 15.1. The zero-order chi connectivity index (χ0) is 17.4. The molecule has 2 heterocycles. The molecule has 0 spiro atoms. The SMILES string of the molecule is O=C(C1CCCO1)N1CCc2cc(S(=O)(=O)NC3CCCC3)ccc21. The lowest BCUT2D eigenvalue weighted by atomic mass is 10.1. The average Bonchev–Trinajstić information content (AvgIpc) is 3.34. The van der Waals surface area contributed by atoms with E-state index >= 15 is 0 Å². The average molecular weight is 364 g/mol. The molecule has 3 aliphatic rings. The van der Waals surface area contributed by atoms with E-state index in [1.165, 1.54) is 0 Å². The van der Waals surface area contributed by atoms with Crippen LogP contribution in [0.3, 0.4) is 0 Å². The maximum atomic E-state index is 12.6. The molecule has 1 N–H and O–H groups in total. The number of anilines is 1. The number of nitrogens with one attached hydrogen (secondary N) is 1. The first-order valence-corrected chi connectivity index (χ1v) is 10.6. The summed E-state index contributed by atoms with van der Waals surface area (Å²) >= 11 is 0. The van der Waals surface area contributed by atoms with E-state index < -0.39 is 10.0 Å². The van der Waals surface area contributed by atoms with Crippen molar-refractivity contribution in [1.29, 1.82) is 0 Å². The van der Waals surface area contributed by atoms with Crippen molar-refractivity contribution in [2.75, 3.05) is 18.1 Å². The normalized spacial score (nSPS) is 24.0. The van der Waals surface area contributed by atoms with Crippen molar-refractivity contribution in [1.82, 2.24) is 4.72 Å². The third kappa shape index (κ3) is 3.32. The van der Waals surface area contributed by atoms with E-state index in [4.69, 9.17) is 4.74 Å². The number of nitrogens with zero attached hydrogens (tertiary/aromatic N) is 1. The zero-order valence-electron chi connectivity index (χ0n) is 14.2. The Morgan fingerprint density at radius 3 is 2.68 bits per heavy atom. The molecule has 1 aliphatic carbocycles. The summed E-state index contributed by atoms with van der Waals surface area (Å²) in [6.45, 7) is 1.23. The molecule has 136 valence electrons. The van der Waals surface area contributed by atoms with Crippen LogP contribution in [0.5, 0.6) is 0 Å². The Kier molecular flexibility index (Phi) is 4.56. The van der Waals surface area contributed by atoms with Crippen LogP contribution in [0.1, 0.15) is 44.1 Å². The Labute approximate surface area is 148 Å². The minimum absolute atomic E-state index is 0.00376. The predicted octanol–water partition coefficient (Wildman–Crippen LogP) is 1.98. The first-order valence-electron chi connectivity index (χ1n) is 9.13. The Hall–Kier alpha value is -1.44. The molecule has 0 radical (unpaired) electrons. The highest BCUT2D eigenvalue weighted by Crippen LogP contribution is 2.32. The van der Waals surface area contributed by atoms with E-state index in [1.807, 2.05) is 0 Å². The van der Waals surface area contributed by atoms with Crippen LogP contribution in [0.15, 0.2) is 23.1 Å². The largest absolute Gasteiger partial charge is 0.368 e. The molecule has 0 bridgehead atoms. The number of ether oxygens (including phenoxy) is 1. The van der Waals surface area contributed by atoms with Crippen LogP contribution in [-0.4, -0.2) is 39.6 Å². The van der Waals surface area contributed by atoms with Crippen LogP contribution in [-0.2, 0) is 26.0 Å². The number of carbonyl (C=O) groups excluding carboxylic acids is 1. The molecular weight excluding hydrogens is 340 g/mol. The van der Waals surface area contributed by atoms with Crippen LogP contribution in [0.2, 0.25) is 0 Å². The number of fused-ring (bicyclic) bond motifs is 1. The van der Waals surface area contributed by atoms with Gasteiger partial charge in [0.15, 0.2) is 0 Å². The fourth-order valence-corrected chi connectivity index (χ4v) is 5.41. The number of sulfonamides is 1. The molecule has 2 fully saturated rings. The van der Waals surface area contributed by atoms with E-state index in [2.05, 4.69) is 4.72 Å². The number of amides is 1. The van der Waals surface area contributed by atoms with Gasteiger partial charge in [-0.3, -0.25) is 4.79 Å². The molecule has 1 saturated carbocycles. The number of carbonyl (C=O) groups is 1. The van der Waals surface area contributed by atoms with Gasteiger partial charge >= 0.3 is 0 Å². The fraction of sp³-hybridized carbons (Fsp3) is 0.611. The molecule has 1 amide bonds. The number of hydrogen-bond donors (Lipinski definition) is 1. The molecule has 1 unspecified atom stereocenters. The van der Waals surface area contributed by atoms with Crippen LogP contribution >= 0.6 is 0 Å². The summed E-state index contributed by atoms with van der Waals surface area (Å²) in [6.07, 6.45) is 6.00. The van der Waals surface area contributed by atoms with E-state index in [1.54, 1.807) is 23.1 Å². The molecule has 1 aromatic carbocycles. The van der Waals surface area contributed by atoms with Crippen molar-refractivity contribution in [2.45, 2.75) is 62.0 Å². The van der Waals surface area contributed by atoms with Crippen molar-refractivity contribution < 1.29 is 17.9 Å². The van der Waals surface area contributed by atoms with Crippen LogP contribution in [0.4, 0.5) is 5.69 Å². The van der Waals surface area contributed by atoms with E-state index in [0.717, 1.165) is 49.8 Å². The van der Waals surface area contributed by atoms with Gasteiger partial charge in [0.05, 0.1) is 4.90 Å². The van der Waals surface area contributed by atoms with Gasteiger partial charge in [-0.15, -0.1) is 0 Å². The highest BCUT2D eigenvalue weighted by molar-refractivity contribution is 7.89. The first-order chi connectivity index (χ1) is 12.0. The smallest absolute Gasteiger partial charge is 0.256 e. The van der Waals surface area contributed by atoms with E-state index in [9.17, 15) is 13.2 Å². The molecule has 4 rings (SSSR count). The molecule has 7 heteroatoms. The number of hydrogen-bond acceptors (Lipinski definition) is 4. The molecule has 6 nitrogen and oxygen atoms in total. The molecule has 2 aliphatic heterocycles. The van der Waals surface area contributed by atoms with Gasteiger partial charge in [-0.25, -0.2) is 13.1 Å². The van der Waals surface area contributed by atoms with E-state index in [0.29, 0.717) is 24.5 Å². The third-order valence-electron chi connectivity index (χ3n) is 5.40. The summed E-state index contributed by atoms with van der Waals surface area (Å²) in [6, 6.07) is 5.14. The van der Waals surface area contributed by atoms with Gasteiger partial charge in [0.25, 0.3) is 5.91 Å². The minimum Gasteiger partial charge on any atom is -0.368 e.